The molecule has 1 aromatic rings. The summed E-state index contributed by atoms with van der Waals surface area (Å²) in [6.45, 7) is 9.53. The van der Waals surface area contributed by atoms with Gasteiger partial charge in [-0.2, -0.15) is 0 Å². The summed E-state index contributed by atoms with van der Waals surface area (Å²) < 4.78 is 19.5. The predicted octanol–water partition coefficient (Wildman–Crippen LogP) is 3.49. The normalized spacial score (nSPS) is 21.8. The SMILES string of the molecule is Cc1cc(CNCC2CCC(C)(C)O2)cc(C)c1F. The minimum atomic E-state index is -0.0929. The van der Waals surface area contributed by atoms with Crippen LogP contribution in [0.2, 0.25) is 0 Å². The van der Waals surface area contributed by atoms with Crippen molar-refractivity contribution in [3.8, 4) is 0 Å². The summed E-state index contributed by atoms with van der Waals surface area (Å²) in [4.78, 5) is 0. The highest BCUT2D eigenvalue weighted by molar-refractivity contribution is 5.30. The first-order valence-electron chi connectivity index (χ1n) is 7.01. The number of hydrogen-bond acceptors (Lipinski definition) is 2. The topological polar surface area (TPSA) is 21.3 Å². The number of ether oxygens (including phenoxy) is 1. The van der Waals surface area contributed by atoms with Crippen molar-refractivity contribution >= 4 is 0 Å². The second kappa shape index (κ2) is 5.59. The highest BCUT2D eigenvalue weighted by Crippen LogP contribution is 2.28. The molecule has 0 saturated carbocycles. The second-order valence-electron chi connectivity index (χ2n) is 6.21. The summed E-state index contributed by atoms with van der Waals surface area (Å²) >= 11 is 0. The van der Waals surface area contributed by atoms with Gasteiger partial charge in [0.2, 0.25) is 0 Å². The van der Waals surface area contributed by atoms with Crippen molar-refractivity contribution in [1.29, 1.82) is 0 Å². The van der Waals surface area contributed by atoms with E-state index in [1.165, 1.54) is 0 Å². The van der Waals surface area contributed by atoms with Crippen LogP contribution in [-0.4, -0.2) is 18.2 Å². The Hall–Kier alpha value is -0.930. The van der Waals surface area contributed by atoms with Crippen LogP contribution in [0.1, 0.15) is 43.4 Å². The lowest BCUT2D eigenvalue weighted by molar-refractivity contribution is -0.0142. The number of halogens is 1. The van der Waals surface area contributed by atoms with Crippen molar-refractivity contribution in [2.45, 2.75) is 58.8 Å². The zero-order valence-electron chi connectivity index (χ0n) is 12.3. The van der Waals surface area contributed by atoms with E-state index in [0.29, 0.717) is 6.10 Å². The Bertz CT molecular complexity index is 433. The number of aryl methyl sites for hydroxylation is 2. The molecule has 1 unspecified atom stereocenters. The van der Waals surface area contributed by atoms with E-state index in [0.717, 1.165) is 42.6 Å². The molecular formula is C16H24FNO. The fourth-order valence-corrected chi connectivity index (χ4v) is 2.74. The van der Waals surface area contributed by atoms with Crippen molar-refractivity contribution in [3.05, 3.63) is 34.6 Å². The lowest BCUT2D eigenvalue weighted by Gasteiger charge is -2.19. The van der Waals surface area contributed by atoms with E-state index in [4.69, 9.17) is 4.74 Å². The van der Waals surface area contributed by atoms with Crippen LogP contribution in [0.4, 0.5) is 4.39 Å². The van der Waals surface area contributed by atoms with Crippen molar-refractivity contribution in [2.75, 3.05) is 6.54 Å². The molecule has 0 aliphatic carbocycles. The Kier molecular flexibility index (Phi) is 4.26. The van der Waals surface area contributed by atoms with Crippen molar-refractivity contribution < 1.29 is 9.13 Å². The van der Waals surface area contributed by atoms with E-state index in [-0.39, 0.29) is 11.4 Å². The number of rotatable bonds is 4. The third-order valence-electron chi connectivity index (χ3n) is 3.75. The van der Waals surface area contributed by atoms with Crippen molar-refractivity contribution in [1.82, 2.24) is 5.32 Å². The van der Waals surface area contributed by atoms with E-state index in [2.05, 4.69) is 19.2 Å². The Labute approximate surface area is 115 Å². The molecular weight excluding hydrogens is 241 g/mol. The molecule has 2 nitrogen and oxygen atoms in total. The lowest BCUT2D eigenvalue weighted by Crippen LogP contribution is -2.29. The zero-order valence-corrected chi connectivity index (χ0v) is 12.3. The van der Waals surface area contributed by atoms with Gasteiger partial charge in [0.15, 0.2) is 0 Å². The number of hydrogen-bond donors (Lipinski definition) is 1. The van der Waals surface area contributed by atoms with Crippen LogP contribution in [0.25, 0.3) is 0 Å². The van der Waals surface area contributed by atoms with Gasteiger partial charge in [0, 0.05) is 13.1 Å². The molecule has 0 radical (unpaired) electrons. The average Bonchev–Trinajstić information content (AvgIpc) is 2.66. The van der Waals surface area contributed by atoms with Gasteiger partial charge in [-0.25, -0.2) is 4.39 Å². The fourth-order valence-electron chi connectivity index (χ4n) is 2.74. The molecule has 2 rings (SSSR count). The predicted molar refractivity (Wildman–Crippen MR) is 75.8 cm³/mol. The maximum atomic E-state index is 13.5. The van der Waals surface area contributed by atoms with Crippen LogP contribution < -0.4 is 5.32 Å². The minimum Gasteiger partial charge on any atom is -0.371 e. The molecule has 0 aromatic heterocycles. The molecule has 1 atom stereocenters. The van der Waals surface area contributed by atoms with Gasteiger partial charge < -0.3 is 10.1 Å². The van der Waals surface area contributed by atoms with Gasteiger partial charge in [0.05, 0.1) is 11.7 Å². The van der Waals surface area contributed by atoms with Crippen LogP contribution in [0.5, 0.6) is 0 Å². The highest BCUT2D eigenvalue weighted by atomic mass is 19.1. The van der Waals surface area contributed by atoms with Crippen LogP contribution in [-0.2, 0) is 11.3 Å². The van der Waals surface area contributed by atoms with E-state index in [1.54, 1.807) is 0 Å². The molecule has 1 saturated heterocycles. The fraction of sp³-hybridized carbons (Fsp3) is 0.625. The molecule has 1 heterocycles. The van der Waals surface area contributed by atoms with Crippen molar-refractivity contribution in [2.24, 2.45) is 0 Å². The molecule has 0 bridgehead atoms. The van der Waals surface area contributed by atoms with Crippen LogP contribution in [0.15, 0.2) is 12.1 Å². The Morgan fingerprint density at radius 3 is 2.47 bits per heavy atom. The summed E-state index contributed by atoms with van der Waals surface area (Å²) in [5.74, 6) is -0.0929. The maximum Gasteiger partial charge on any atom is 0.129 e. The van der Waals surface area contributed by atoms with E-state index in [9.17, 15) is 4.39 Å². The standard InChI is InChI=1S/C16H24FNO/c1-11-7-13(8-12(2)15(11)17)9-18-10-14-5-6-16(3,4)19-14/h7-8,14,18H,5-6,9-10H2,1-4H3. The molecule has 1 aromatic carbocycles. The van der Waals surface area contributed by atoms with Gasteiger partial charge >= 0.3 is 0 Å². The third kappa shape index (κ3) is 3.77. The maximum absolute atomic E-state index is 13.5. The summed E-state index contributed by atoms with van der Waals surface area (Å²) in [5, 5.41) is 3.41. The molecule has 3 heteroatoms. The average molecular weight is 265 g/mol. The third-order valence-corrected chi connectivity index (χ3v) is 3.75. The van der Waals surface area contributed by atoms with Crippen molar-refractivity contribution in [3.63, 3.8) is 0 Å². The number of benzene rings is 1. The summed E-state index contributed by atoms with van der Waals surface area (Å²) in [6, 6.07) is 3.82. The first kappa shape index (κ1) is 14.5. The Morgan fingerprint density at radius 1 is 1.32 bits per heavy atom. The molecule has 19 heavy (non-hydrogen) atoms. The molecule has 1 aliphatic rings. The minimum absolute atomic E-state index is 0.0232. The monoisotopic (exact) mass is 265 g/mol. The van der Waals surface area contributed by atoms with E-state index < -0.39 is 0 Å². The molecule has 1 N–H and O–H groups in total. The van der Waals surface area contributed by atoms with Crippen LogP contribution in [0.3, 0.4) is 0 Å². The first-order chi connectivity index (χ1) is 8.87. The van der Waals surface area contributed by atoms with E-state index in [1.807, 2.05) is 26.0 Å². The lowest BCUT2D eigenvalue weighted by atomic mass is 10.1. The molecule has 0 amide bonds. The first-order valence-corrected chi connectivity index (χ1v) is 7.01. The molecule has 1 fully saturated rings. The van der Waals surface area contributed by atoms with Crippen LogP contribution in [0, 0.1) is 19.7 Å². The highest BCUT2D eigenvalue weighted by Gasteiger charge is 2.31. The van der Waals surface area contributed by atoms with E-state index >= 15 is 0 Å². The van der Waals surface area contributed by atoms with Gasteiger partial charge in [-0.15, -0.1) is 0 Å². The molecule has 106 valence electrons. The summed E-state index contributed by atoms with van der Waals surface area (Å²) in [6.07, 6.45) is 2.54. The zero-order chi connectivity index (χ0) is 14.0. The Balaban J connectivity index is 1.83. The largest absolute Gasteiger partial charge is 0.371 e. The molecule has 1 aliphatic heterocycles. The second-order valence-corrected chi connectivity index (χ2v) is 6.21. The summed E-state index contributed by atoms with van der Waals surface area (Å²) in [7, 11) is 0. The quantitative estimate of drug-likeness (QED) is 0.899. The van der Waals surface area contributed by atoms with Gasteiger partial charge in [0.1, 0.15) is 5.82 Å². The molecule has 0 spiro atoms. The van der Waals surface area contributed by atoms with Gasteiger partial charge in [-0.3, -0.25) is 0 Å². The van der Waals surface area contributed by atoms with Crippen LogP contribution >= 0.6 is 0 Å². The van der Waals surface area contributed by atoms with Gasteiger partial charge in [-0.1, -0.05) is 12.1 Å². The smallest absolute Gasteiger partial charge is 0.129 e. The summed E-state index contributed by atoms with van der Waals surface area (Å²) in [5.41, 5.74) is 2.59. The van der Waals surface area contributed by atoms with Gasteiger partial charge in [-0.05, 0) is 57.2 Å². The number of nitrogens with one attached hydrogen (secondary N) is 1. The Morgan fingerprint density at radius 2 is 1.95 bits per heavy atom. The van der Waals surface area contributed by atoms with Gasteiger partial charge in [0.25, 0.3) is 0 Å².